The van der Waals surface area contributed by atoms with E-state index in [4.69, 9.17) is 4.74 Å². The summed E-state index contributed by atoms with van der Waals surface area (Å²) < 4.78 is 18.7. The number of phenols is 1. The van der Waals surface area contributed by atoms with E-state index in [0.717, 1.165) is 11.1 Å². The van der Waals surface area contributed by atoms with Crippen LogP contribution in [-0.4, -0.2) is 46.4 Å². The smallest absolute Gasteiger partial charge is 0.273 e. The van der Waals surface area contributed by atoms with Crippen molar-refractivity contribution in [1.29, 1.82) is 0 Å². The molecule has 0 unspecified atom stereocenters. The Balaban J connectivity index is 1.85. The zero-order valence-electron chi connectivity index (χ0n) is 16.3. The monoisotopic (exact) mass is 395 g/mol. The zero-order chi connectivity index (χ0) is 20.5. The minimum Gasteiger partial charge on any atom is -0.507 e. The first-order valence-electron chi connectivity index (χ1n) is 9.45. The van der Waals surface area contributed by atoms with Gasteiger partial charge in [-0.15, -0.1) is 0 Å². The van der Waals surface area contributed by atoms with Crippen molar-refractivity contribution in [2.24, 2.45) is 0 Å². The standard InChI is InChI=1S/C22H22FN3O3/c1-13-4-9-17(27)16(12-13)19-18-20(25-24-19)22(28)26(10-3-11-29-2)21(18)14-5-7-15(23)8-6-14/h4-9,12,21,27H,3,10-11H2,1-2H3,(H,24,25)/t21-/m0/s1. The normalized spacial score (nSPS) is 15.8. The fraction of sp³-hybridized carbons (Fsp3) is 0.273. The number of methoxy groups -OCH3 is 1. The molecule has 1 aliphatic rings. The van der Waals surface area contributed by atoms with Crippen LogP contribution in [0.15, 0.2) is 42.5 Å². The number of carbonyl (C=O) groups excluding carboxylic acids is 1. The third-order valence-corrected chi connectivity index (χ3v) is 5.20. The van der Waals surface area contributed by atoms with E-state index >= 15 is 0 Å². The number of rotatable bonds is 6. The minimum atomic E-state index is -0.427. The summed E-state index contributed by atoms with van der Waals surface area (Å²) in [5, 5.41) is 17.6. The Morgan fingerprint density at radius 1 is 1.24 bits per heavy atom. The molecule has 4 rings (SSSR count). The van der Waals surface area contributed by atoms with E-state index in [9.17, 15) is 14.3 Å². The highest BCUT2D eigenvalue weighted by Gasteiger charge is 2.42. The fourth-order valence-electron chi connectivity index (χ4n) is 3.84. The van der Waals surface area contributed by atoms with Crippen LogP contribution in [0.5, 0.6) is 5.75 Å². The Bertz CT molecular complexity index is 1050. The second-order valence-electron chi connectivity index (χ2n) is 7.18. The molecule has 1 atom stereocenters. The van der Waals surface area contributed by atoms with Gasteiger partial charge < -0.3 is 14.7 Å². The maximum absolute atomic E-state index is 13.5. The number of benzene rings is 2. The van der Waals surface area contributed by atoms with Gasteiger partial charge in [0.25, 0.3) is 5.91 Å². The Kier molecular flexibility index (Phi) is 5.07. The predicted octanol–water partition coefficient (Wildman–Crippen LogP) is 3.81. The van der Waals surface area contributed by atoms with Crippen molar-refractivity contribution < 1.29 is 19.0 Å². The third-order valence-electron chi connectivity index (χ3n) is 5.20. The second kappa shape index (κ2) is 7.67. The highest BCUT2D eigenvalue weighted by molar-refractivity contribution is 6.00. The Morgan fingerprint density at radius 3 is 2.72 bits per heavy atom. The number of fused-ring (bicyclic) bond motifs is 1. The number of carbonyl (C=O) groups is 1. The topological polar surface area (TPSA) is 78.5 Å². The molecule has 29 heavy (non-hydrogen) atoms. The summed E-state index contributed by atoms with van der Waals surface area (Å²) in [5.74, 6) is -0.419. The lowest BCUT2D eigenvalue weighted by Crippen LogP contribution is -2.31. The van der Waals surface area contributed by atoms with E-state index in [1.54, 1.807) is 30.2 Å². The first kappa shape index (κ1) is 19.1. The number of aromatic nitrogens is 2. The van der Waals surface area contributed by atoms with Crippen LogP contribution in [0, 0.1) is 12.7 Å². The van der Waals surface area contributed by atoms with Gasteiger partial charge in [-0.2, -0.15) is 5.10 Å². The van der Waals surface area contributed by atoms with Gasteiger partial charge in [-0.1, -0.05) is 23.8 Å². The van der Waals surface area contributed by atoms with Crippen LogP contribution < -0.4 is 0 Å². The van der Waals surface area contributed by atoms with Gasteiger partial charge in [-0.25, -0.2) is 4.39 Å². The summed E-state index contributed by atoms with van der Waals surface area (Å²) in [4.78, 5) is 14.9. The van der Waals surface area contributed by atoms with Crippen molar-refractivity contribution >= 4 is 5.91 Å². The number of amides is 1. The Morgan fingerprint density at radius 2 is 2.00 bits per heavy atom. The number of ether oxygens (including phenoxy) is 1. The molecule has 2 aromatic carbocycles. The number of aromatic amines is 1. The number of aromatic hydroxyl groups is 1. The molecule has 0 saturated carbocycles. The first-order chi connectivity index (χ1) is 14.0. The Labute approximate surface area is 167 Å². The van der Waals surface area contributed by atoms with Gasteiger partial charge in [0.05, 0.1) is 6.04 Å². The molecule has 0 fully saturated rings. The molecule has 1 aromatic heterocycles. The van der Waals surface area contributed by atoms with E-state index in [0.29, 0.717) is 42.1 Å². The van der Waals surface area contributed by atoms with Crippen molar-refractivity contribution in [3.8, 4) is 17.0 Å². The summed E-state index contributed by atoms with van der Waals surface area (Å²) in [6.07, 6.45) is 0.669. The van der Waals surface area contributed by atoms with Gasteiger partial charge in [-0.3, -0.25) is 9.89 Å². The van der Waals surface area contributed by atoms with E-state index in [2.05, 4.69) is 10.2 Å². The average Bonchev–Trinajstić information content (AvgIpc) is 3.24. The number of hydrogen-bond acceptors (Lipinski definition) is 4. The molecule has 1 amide bonds. The van der Waals surface area contributed by atoms with Crippen LogP contribution in [0.3, 0.4) is 0 Å². The van der Waals surface area contributed by atoms with Crippen LogP contribution in [0.4, 0.5) is 4.39 Å². The SMILES string of the molecule is COCCCN1C(=O)c2[nH]nc(-c3cc(C)ccc3O)c2[C@@H]1c1ccc(F)cc1. The van der Waals surface area contributed by atoms with Crippen LogP contribution in [-0.2, 0) is 4.74 Å². The number of H-pyrrole nitrogens is 1. The molecule has 0 aliphatic carbocycles. The van der Waals surface area contributed by atoms with Crippen molar-refractivity contribution in [3.05, 3.63) is 70.7 Å². The lowest BCUT2D eigenvalue weighted by Gasteiger charge is -2.26. The van der Waals surface area contributed by atoms with Crippen LogP contribution >= 0.6 is 0 Å². The number of phenolic OH excluding ortho intramolecular Hbond substituents is 1. The van der Waals surface area contributed by atoms with Crippen LogP contribution in [0.1, 0.15) is 39.6 Å². The van der Waals surface area contributed by atoms with E-state index in [1.807, 2.05) is 19.1 Å². The van der Waals surface area contributed by atoms with E-state index in [1.165, 1.54) is 12.1 Å². The lowest BCUT2D eigenvalue weighted by atomic mass is 9.95. The summed E-state index contributed by atoms with van der Waals surface area (Å²) in [5.41, 5.74) is 3.92. The summed E-state index contributed by atoms with van der Waals surface area (Å²) >= 11 is 0. The van der Waals surface area contributed by atoms with Crippen molar-refractivity contribution in [1.82, 2.24) is 15.1 Å². The molecule has 2 N–H and O–H groups in total. The zero-order valence-corrected chi connectivity index (χ0v) is 16.3. The molecule has 1 aliphatic heterocycles. The van der Waals surface area contributed by atoms with Crippen molar-refractivity contribution in [2.45, 2.75) is 19.4 Å². The van der Waals surface area contributed by atoms with Gasteiger partial charge in [0, 0.05) is 31.4 Å². The number of halogens is 1. The number of aryl methyl sites for hydroxylation is 1. The largest absolute Gasteiger partial charge is 0.507 e. The van der Waals surface area contributed by atoms with Crippen LogP contribution in [0.25, 0.3) is 11.3 Å². The second-order valence-corrected chi connectivity index (χ2v) is 7.18. The van der Waals surface area contributed by atoms with Crippen LogP contribution in [0.2, 0.25) is 0 Å². The summed E-state index contributed by atoms with van der Waals surface area (Å²) in [6, 6.07) is 11.0. The minimum absolute atomic E-state index is 0.0908. The lowest BCUT2D eigenvalue weighted by molar-refractivity contribution is 0.0723. The molecular formula is C22H22FN3O3. The number of nitrogens with one attached hydrogen (secondary N) is 1. The molecular weight excluding hydrogens is 373 g/mol. The quantitative estimate of drug-likeness (QED) is 0.622. The van der Waals surface area contributed by atoms with Crippen molar-refractivity contribution in [3.63, 3.8) is 0 Å². The maximum atomic E-state index is 13.5. The molecule has 7 heteroatoms. The first-order valence-corrected chi connectivity index (χ1v) is 9.45. The predicted molar refractivity (Wildman–Crippen MR) is 106 cm³/mol. The summed E-state index contributed by atoms with van der Waals surface area (Å²) in [7, 11) is 1.62. The highest BCUT2D eigenvalue weighted by atomic mass is 19.1. The third kappa shape index (κ3) is 3.38. The van der Waals surface area contributed by atoms with E-state index in [-0.39, 0.29) is 17.5 Å². The molecule has 0 saturated heterocycles. The molecule has 6 nitrogen and oxygen atoms in total. The van der Waals surface area contributed by atoms with E-state index < -0.39 is 6.04 Å². The summed E-state index contributed by atoms with van der Waals surface area (Å²) in [6.45, 7) is 2.93. The van der Waals surface area contributed by atoms with Gasteiger partial charge >= 0.3 is 0 Å². The number of nitrogens with zero attached hydrogens (tertiary/aromatic N) is 2. The van der Waals surface area contributed by atoms with Gasteiger partial charge in [0.15, 0.2) is 0 Å². The molecule has 3 aromatic rings. The Hall–Kier alpha value is -3.19. The molecule has 2 heterocycles. The molecule has 0 spiro atoms. The highest BCUT2D eigenvalue weighted by Crippen LogP contribution is 2.44. The maximum Gasteiger partial charge on any atom is 0.273 e. The number of hydrogen-bond donors (Lipinski definition) is 2. The molecule has 0 radical (unpaired) electrons. The average molecular weight is 395 g/mol. The molecule has 0 bridgehead atoms. The van der Waals surface area contributed by atoms with Gasteiger partial charge in [-0.05, 0) is 43.2 Å². The van der Waals surface area contributed by atoms with Crippen molar-refractivity contribution in [2.75, 3.05) is 20.3 Å². The van der Waals surface area contributed by atoms with Gasteiger partial charge in [0.2, 0.25) is 0 Å². The fourth-order valence-corrected chi connectivity index (χ4v) is 3.84. The molecule has 150 valence electrons. The van der Waals surface area contributed by atoms with Gasteiger partial charge in [0.1, 0.15) is 23.0 Å².